The molecule has 0 spiro atoms. The summed E-state index contributed by atoms with van der Waals surface area (Å²) >= 11 is 0. The van der Waals surface area contributed by atoms with E-state index >= 15 is 0 Å². The third-order valence-electron chi connectivity index (χ3n) is 4.39. The van der Waals surface area contributed by atoms with Crippen LogP contribution in [0.15, 0.2) is 30.9 Å². The summed E-state index contributed by atoms with van der Waals surface area (Å²) in [4.78, 5) is 23.6. The summed E-state index contributed by atoms with van der Waals surface area (Å²) in [5, 5.41) is 3.06. The molecular formula is C17H23N5O. The average Bonchev–Trinajstić information content (AvgIpc) is 2.94. The molecule has 3 rings (SSSR count). The highest BCUT2D eigenvalue weighted by molar-refractivity contribution is 5.83. The minimum absolute atomic E-state index is 0.0278. The average molecular weight is 313 g/mol. The van der Waals surface area contributed by atoms with E-state index in [2.05, 4.69) is 34.0 Å². The van der Waals surface area contributed by atoms with Crippen LogP contribution in [0, 0.1) is 0 Å². The van der Waals surface area contributed by atoms with Crippen molar-refractivity contribution in [3.8, 4) is 0 Å². The molecule has 122 valence electrons. The van der Waals surface area contributed by atoms with E-state index in [-0.39, 0.29) is 11.9 Å². The fourth-order valence-electron chi connectivity index (χ4n) is 3.17. The summed E-state index contributed by atoms with van der Waals surface area (Å²) in [7, 11) is 1.96. The second kappa shape index (κ2) is 6.50. The molecule has 3 heterocycles. The van der Waals surface area contributed by atoms with Crippen LogP contribution in [0.25, 0.3) is 0 Å². The highest BCUT2D eigenvalue weighted by Crippen LogP contribution is 2.30. The van der Waals surface area contributed by atoms with Gasteiger partial charge in [0, 0.05) is 45.0 Å². The maximum Gasteiger partial charge on any atom is 0.243 e. The predicted molar refractivity (Wildman–Crippen MR) is 87.6 cm³/mol. The lowest BCUT2D eigenvalue weighted by molar-refractivity contribution is -0.128. The van der Waals surface area contributed by atoms with Crippen molar-refractivity contribution >= 4 is 5.91 Å². The number of hydrogen-bond donors (Lipinski definition) is 1. The molecular weight excluding hydrogens is 290 g/mol. The number of amides is 1. The number of carbonyl (C=O) groups excluding carboxylic acids is 1. The van der Waals surface area contributed by atoms with Gasteiger partial charge in [-0.1, -0.05) is 0 Å². The van der Waals surface area contributed by atoms with Crippen molar-refractivity contribution in [2.45, 2.75) is 38.9 Å². The van der Waals surface area contributed by atoms with E-state index in [0.717, 1.165) is 29.9 Å². The molecule has 0 saturated heterocycles. The molecule has 0 aliphatic carbocycles. The molecule has 0 bridgehead atoms. The van der Waals surface area contributed by atoms with E-state index in [1.54, 1.807) is 18.7 Å². The van der Waals surface area contributed by atoms with Crippen molar-refractivity contribution in [2.24, 2.45) is 7.05 Å². The third kappa shape index (κ3) is 3.12. The summed E-state index contributed by atoms with van der Waals surface area (Å²) in [6.45, 7) is 5.63. The number of nitrogens with one attached hydrogen (secondary N) is 1. The normalized spacial score (nSPS) is 18.0. The summed E-state index contributed by atoms with van der Waals surface area (Å²) in [5.74, 6) is 0.0278. The van der Waals surface area contributed by atoms with Crippen molar-refractivity contribution < 1.29 is 4.79 Å². The fraction of sp³-hybridized carbons (Fsp3) is 0.471. The van der Waals surface area contributed by atoms with Crippen LogP contribution in [0.5, 0.6) is 0 Å². The smallest absolute Gasteiger partial charge is 0.243 e. The Balaban J connectivity index is 1.82. The molecule has 2 aromatic heterocycles. The van der Waals surface area contributed by atoms with Crippen LogP contribution in [-0.4, -0.2) is 37.9 Å². The molecule has 6 heteroatoms. The molecule has 0 radical (unpaired) electrons. The number of pyridine rings is 1. The Kier molecular flexibility index (Phi) is 4.43. The maximum atomic E-state index is 12.9. The van der Waals surface area contributed by atoms with E-state index in [1.807, 2.05) is 23.7 Å². The van der Waals surface area contributed by atoms with Gasteiger partial charge in [-0.2, -0.15) is 0 Å². The number of fused-ring (bicyclic) bond motifs is 1. The number of rotatable bonds is 4. The van der Waals surface area contributed by atoms with Gasteiger partial charge in [0.2, 0.25) is 5.91 Å². The molecule has 0 saturated carbocycles. The molecule has 2 aromatic rings. The van der Waals surface area contributed by atoms with Crippen LogP contribution in [0.2, 0.25) is 0 Å². The lowest BCUT2D eigenvalue weighted by Crippen LogP contribution is -2.47. The number of aromatic nitrogens is 3. The highest BCUT2D eigenvalue weighted by atomic mass is 16.2. The zero-order chi connectivity index (χ0) is 16.4. The van der Waals surface area contributed by atoms with Gasteiger partial charge < -0.3 is 9.88 Å². The van der Waals surface area contributed by atoms with Gasteiger partial charge in [-0.05, 0) is 31.5 Å². The molecule has 0 fully saturated rings. The highest BCUT2D eigenvalue weighted by Gasteiger charge is 2.37. The zero-order valence-corrected chi connectivity index (χ0v) is 13.9. The minimum Gasteiger partial charge on any atom is -0.350 e. The molecule has 1 N–H and O–H groups in total. The number of nitrogens with zero attached hydrogens (tertiary/aromatic N) is 4. The van der Waals surface area contributed by atoms with Crippen LogP contribution in [0.1, 0.15) is 36.8 Å². The predicted octanol–water partition coefficient (Wildman–Crippen LogP) is 1.44. The number of carbonyl (C=O) groups is 1. The Labute approximate surface area is 136 Å². The SMILES string of the molecule is CC(C)N1CCc2ncn(C)c2[C@@H]1C(=O)NCc1ccncc1. The van der Waals surface area contributed by atoms with Crippen LogP contribution in [0.3, 0.4) is 0 Å². The van der Waals surface area contributed by atoms with Gasteiger partial charge in [-0.25, -0.2) is 4.98 Å². The monoisotopic (exact) mass is 313 g/mol. The Morgan fingerprint density at radius 1 is 1.39 bits per heavy atom. The van der Waals surface area contributed by atoms with Crippen LogP contribution in [-0.2, 0) is 24.8 Å². The molecule has 0 unspecified atom stereocenters. The molecule has 1 aliphatic rings. The molecule has 0 aromatic carbocycles. The van der Waals surface area contributed by atoms with E-state index in [4.69, 9.17) is 0 Å². The van der Waals surface area contributed by atoms with E-state index in [1.165, 1.54) is 0 Å². The van der Waals surface area contributed by atoms with Crippen LogP contribution < -0.4 is 5.32 Å². The van der Waals surface area contributed by atoms with Gasteiger partial charge in [-0.3, -0.25) is 14.7 Å². The van der Waals surface area contributed by atoms with Gasteiger partial charge in [0.05, 0.1) is 17.7 Å². The van der Waals surface area contributed by atoms with Crippen LogP contribution in [0.4, 0.5) is 0 Å². The third-order valence-corrected chi connectivity index (χ3v) is 4.39. The summed E-state index contributed by atoms with van der Waals surface area (Å²) in [6, 6.07) is 3.84. The van der Waals surface area contributed by atoms with E-state index in [0.29, 0.717) is 12.6 Å². The second-order valence-electron chi connectivity index (χ2n) is 6.24. The first-order chi connectivity index (χ1) is 11.1. The van der Waals surface area contributed by atoms with Crippen molar-refractivity contribution in [1.82, 2.24) is 24.8 Å². The molecule has 1 aliphatic heterocycles. The van der Waals surface area contributed by atoms with E-state index in [9.17, 15) is 4.79 Å². The zero-order valence-electron chi connectivity index (χ0n) is 13.9. The van der Waals surface area contributed by atoms with Crippen molar-refractivity contribution in [2.75, 3.05) is 6.54 Å². The van der Waals surface area contributed by atoms with Crippen molar-refractivity contribution in [3.63, 3.8) is 0 Å². The largest absolute Gasteiger partial charge is 0.350 e. The summed E-state index contributed by atoms with van der Waals surface area (Å²) in [6.07, 6.45) is 6.17. The first-order valence-corrected chi connectivity index (χ1v) is 8.00. The van der Waals surface area contributed by atoms with Gasteiger partial charge in [0.15, 0.2) is 0 Å². The lowest BCUT2D eigenvalue weighted by atomic mass is 9.99. The summed E-state index contributed by atoms with van der Waals surface area (Å²) < 4.78 is 1.97. The Hall–Kier alpha value is -2.21. The number of aryl methyl sites for hydroxylation is 1. The Morgan fingerprint density at radius 3 is 2.83 bits per heavy atom. The van der Waals surface area contributed by atoms with E-state index < -0.39 is 0 Å². The van der Waals surface area contributed by atoms with Gasteiger partial charge in [0.1, 0.15) is 6.04 Å². The molecule has 1 amide bonds. The molecule has 1 atom stereocenters. The Bertz CT molecular complexity index is 680. The standard InChI is InChI=1S/C17H23N5O/c1-12(2)22-9-6-14-15(21(3)11-20-14)16(22)17(23)19-10-13-4-7-18-8-5-13/h4-5,7-8,11-12,16H,6,9-10H2,1-3H3,(H,19,23)/t16-/m1/s1. The fourth-order valence-corrected chi connectivity index (χ4v) is 3.17. The molecule has 23 heavy (non-hydrogen) atoms. The molecule has 6 nitrogen and oxygen atoms in total. The van der Waals surface area contributed by atoms with Crippen molar-refractivity contribution in [3.05, 3.63) is 47.8 Å². The van der Waals surface area contributed by atoms with Gasteiger partial charge >= 0.3 is 0 Å². The minimum atomic E-state index is -0.284. The first kappa shape index (κ1) is 15.7. The van der Waals surface area contributed by atoms with Gasteiger partial charge in [0.25, 0.3) is 0 Å². The second-order valence-corrected chi connectivity index (χ2v) is 6.24. The number of hydrogen-bond acceptors (Lipinski definition) is 4. The quantitative estimate of drug-likeness (QED) is 0.928. The summed E-state index contributed by atoms with van der Waals surface area (Å²) in [5.41, 5.74) is 3.09. The topological polar surface area (TPSA) is 63.1 Å². The van der Waals surface area contributed by atoms with Crippen LogP contribution >= 0.6 is 0 Å². The Morgan fingerprint density at radius 2 is 2.13 bits per heavy atom. The van der Waals surface area contributed by atoms with Gasteiger partial charge in [-0.15, -0.1) is 0 Å². The number of imidazole rings is 1. The lowest BCUT2D eigenvalue weighted by Gasteiger charge is -2.37. The van der Waals surface area contributed by atoms with Crippen molar-refractivity contribution in [1.29, 1.82) is 0 Å². The maximum absolute atomic E-state index is 12.9. The first-order valence-electron chi connectivity index (χ1n) is 8.00.